The molecule has 0 spiro atoms. The van der Waals surface area contributed by atoms with E-state index in [0.717, 1.165) is 18.9 Å². The van der Waals surface area contributed by atoms with Crippen molar-refractivity contribution in [2.75, 3.05) is 5.32 Å². The summed E-state index contributed by atoms with van der Waals surface area (Å²) >= 11 is 12.1. The smallest absolute Gasteiger partial charge is 0.323 e. The number of benzene rings is 1. The van der Waals surface area contributed by atoms with E-state index in [1.165, 1.54) is 4.68 Å². The van der Waals surface area contributed by atoms with Crippen molar-refractivity contribution in [3.63, 3.8) is 0 Å². The topological polar surface area (TPSA) is 46.9 Å². The van der Waals surface area contributed by atoms with E-state index < -0.39 is 23.7 Å². The van der Waals surface area contributed by atoms with Crippen molar-refractivity contribution in [2.45, 2.75) is 38.4 Å². The van der Waals surface area contributed by atoms with Gasteiger partial charge in [0.1, 0.15) is 0 Å². The van der Waals surface area contributed by atoms with Crippen LogP contribution in [0.2, 0.25) is 10.0 Å². The van der Waals surface area contributed by atoms with Gasteiger partial charge in [0.25, 0.3) is 0 Å². The standard InChI is InChI=1S/C17H16Cl2F3N3O/c1-9(16(26)23-15-11(18)3-2-4-12(15)19)8-25-13(10-5-6-10)7-14(24-25)17(20,21)22/h2-4,7,9-10H,5-6,8H2,1H3,(H,23,26). The Balaban J connectivity index is 1.76. The highest BCUT2D eigenvalue weighted by molar-refractivity contribution is 6.39. The molecule has 3 rings (SSSR count). The Labute approximate surface area is 158 Å². The number of rotatable bonds is 5. The zero-order valence-corrected chi connectivity index (χ0v) is 15.3. The first-order valence-corrected chi connectivity index (χ1v) is 8.82. The van der Waals surface area contributed by atoms with Crippen LogP contribution in [-0.2, 0) is 17.5 Å². The Morgan fingerprint density at radius 2 is 1.96 bits per heavy atom. The minimum absolute atomic E-state index is 0.0375. The fourth-order valence-corrected chi connectivity index (χ4v) is 3.12. The maximum atomic E-state index is 13.0. The van der Waals surface area contributed by atoms with Gasteiger partial charge in [-0.2, -0.15) is 18.3 Å². The molecule has 9 heteroatoms. The largest absolute Gasteiger partial charge is 0.435 e. The number of halogens is 5. The molecule has 1 aliphatic rings. The van der Waals surface area contributed by atoms with E-state index in [-0.39, 0.29) is 28.2 Å². The maximum absolute atomic E-state index is 13.0. The predicted octanol–water partition coefficient (Wildman–Crippen LogP) is 5.36. The molecule has 1 amide bonds. The van der Waals surface area contributed by atoms with Gasteiger partial charge in [0, 0.05) is 11.6 Å². The van der Waals surface area contributed by atoms with E-state index >= 15 is 0 Å². The average Bonchev–Trinajstić information content (AvgIpc) is 3.30. The lowest BCUT2D eigenvalue weighted by molar-refractivity contribution is -0.141. The summed E-state index contributed by atoms with van der Waals surface area (Å²) in [6, 6.07) is 5.89. The van der Waals surface area contributed by atoms with Crippen LogP contribution in [0.1, 0.15) is 37.1 Å². The second kappa shape index (κ2) is 7.12. The van der Waals surface area contributed by atoms with Crippen molar-refractivity contribution in [1.29, 1.82) is 0 Å². The minimum Gasteiger partial charge on any atom is -0.323 e. The molecular weight excluding hydrogens is 390 g/mol. The van der Waals surface area contributed by atoms with Gasteiger partial charge in [0.2, 0.25) is 5.91 Å². The van der Waals surface area contributed by atoms with Crippen LogP contribution in [0.3, 0.4) is 0 Å². The maximum Gasteiger partial charge on any atom is 0.435 e. The number of carbonyl (C=O) groups is 1. The fourth-order valence-electron chi connectivity index (χ4n) is 2.63. The number of hydrogen-bond donors (Lipinski definition) is 1. The third-order valence-corrected chi connectivity index (χ3v) is 4.83. The zero-order chi connectivity index (χ0) is 19.1. The first-order valence-electron chi connectivity index (χ1n) is 8.06. The average molecular weight is 406 g/mol. The highest BCUT2D eigenvalue weighted by Gasteiger charge is 2.38. The Morgan fingerprint density at radius 3 is 2.50 bits per heavy atom. The predicted molar refractivity (Wildman–Crippen MR) is 93.5 cm³/mol. The molecule has 140 valence electrons. The van der Waals surface area contributed by atoms with Gasteiger partial charge in [-0.25, -0.2) is 0 Å². The second-order valence-corrected chi connectivity index (χ2v) is 7.21. The summed E-state index contributed by atoms with van der Waals surface area (Å²) in [5, 5.41) is 6.87. The van der Waals surface area contributed by atoms with Crippen molar-refractivity contribution < 1.29 is 18.0 Å². The summed E-state index contributed by atoms with van der Waals surface area (Å²) in [6.45, 7) is 1.65. The molecule has 1 saturated carbocycles. The monoisotopic (exact) mass is 405 g/mol. The summed E-state index contributed by atoms with van der Waals surface area (Å²) < 4.78 is 40.1. The first kappa shape index (κ1) is 19.0. The van der Waals surface area contributed by atoms with Crippen molar-refractivity contribution in [2.24, 2.45) is 5.92 Å². The van der Waals surface area contributed by atoms with Crippen LogP contribution < -0.4 is 5.32 Å². The number of aromatic nitrogens is 2. The van der Waals surface area contributed by atoms with Gasteiger partial charge in [-0.15, -0.1) is 0 Å². The molecule has 1 fully saturated rings. The number of amides is 1. The molecule has 1 unspecified atom stereocenters. The number of alkyl halides is 3. The van der Waals surface area contributed by atoms with E-state index in [1.54, 1.807) is 25.1 Å². The number of nitrogens with one attached hydrogen (secondary N) is 1. The molecule has 1 heterocycles. The molecule has 26 heavy (non-hydrogen) atoms. The highest BCUT2D eigenvalue weighted by Crippen LogP contribution is 2.42. The van der Waals surface area contributed by atoms with Crippen molar-refractivity contribution in [1.82, 2.24) is 9.78 Å². The Morgan fingerprint density at radius 1 is 1.35 bits per heavy atom. The van der Waals surface area contributed by atoms with Gasteiger partial charge < -0.3 is 5.32 Å². The van der Waals surface area contributed by atoms with E-state index in [0.29, 0.717) is 5.69 Å². The van der Waals surface area contributed by atoms with Gasteiger partial charge >= 0.3 is 6.18 Å². The lowest BCUT2D eigenvalue weighted by Crippen LogP contribution is -2.26. The van der Waals surface area contributed by atoms with E-state index in [4.69, 9.17) is 23.2 Å². The van der Waals surface area contributed by atoms with E-state index in [1.807, 2.05) is 0 Å². The van der Waals surface area contributed by atoms with Crippen LogP contribution in [0.5, 0.6) is 0 Å². The number of para-hydroxylation sites is 1. The molecular formula is C17H16Cl2F3N3O. The van der Waals surface area contributed by atoms with Crippen molar-refractivity contribution in [3.05, 3.63) is 45.7 Å². The van der Waals surface area contributed by atoms with Gasteiger partial charge in [-0.3, -0.25) is 9.48 Å². The van der Waals surface area contributed by atoms with Gasteiger partial charge in [0.05, 0.1) is 28.2 Å². The lowest BCUT2D eigenvalue weighted by atomic mass is 10.1. The second-order valence-electron chi connectivity index (χ2n) is 6.40. The molecule has 0 radical (unpaired) electrons. The van der Waals surface area contributed by atoms with E-state index in [9.17, 15) is 18.0 Å². The van der Waals surface area contributed by atoms with Crippen molar-refractivity contribution in [3.8, 4) is 0 Å². The molecule has 0 saturated heterocycles. The molecule has 2 aromatic rings. The Bertz CT molecular complexity index is 811. The molecule has 1 N–H and O–H groups in total. The third kappa shape index (κ3) is 4.15. The first-order chi connectivity index (χ1) is 12.2. The van der Waals surface area contributed by atoms with Crippen LogP contribution in [0.25, 0.3) is 0 Å². The van der Waals surface area contributed by atoms with Gasteiger partial charge in [0.15, 0.2) is 5.69 Å². The number of carbonyl (C=O) groups excluding carboxylic acids is 1. The zero-order valence-electron chi connectivity index (χ0n) is 13.8. The van der Waals surface area contributed by atoms with Crippen LogP contribution in [-0.4, -0.2) is 15.7 Å². The molecule has 1 atom stereocenters. The molecule has 1 aromatic heterocycles. The SMILES string of the molecule is CC(Cn1nc(C(F)(F)F)cc1C1CC1)C(=O)Nc1c(Cl)cccc1Cl. The van der Waals surface area contributed by atoms with Crippen LogP contribution in [0.4, 0.5) is 18.9 Å². The molecule has 0 aliphatic heterocycles. The van der Waals surface area contributed by atoms with E-state index in [2.05, 4.69) is 10.4 Å². The Kier molecular flexibility index (Phi) is 5.21. The normalized spacial score (nSPS) is 15.8. The summed E-state index contributed by atoms with van der Waals surface area (Å²) in [6.07, 6.45) is -2.84. The summed E-state index contributed by atoms with van der Waals surface area (Å²) in [4.78, 5) is 12.4. The highest BCUT2D eigenvalue weighted by atomic mass is 35.5. The van der Waals surface area contributed by atoms with Crippen molar-refractivity contribution >= 4 is 34.8 Å². The number of hydrogen-bond acceptors (Lipinski definition) is 2. The Hall–Kier alpha value is -1.73. The fraction of sp³-hybridized carbons (Fsp3) is 0.412. The van der Waals surface area contributed by atoms with Gasteiger partial charge in [-0.05, 0) is 31.0 Å². The quantitative estimate of drug-likeness (QED) is 0.727. The minimum atomic E-state index is -4.51. The summed E-state index contributed by atoms with van der Waals surface area (Å²) in [5.74, 6) is -0.946. The number of anilines is 1. The number of nitrogens with zero attached hydrogens (tertiary/aromatic N) is 2. The summed E-state index contributed by atoms with van der Waals surface area (Å²) in [5.41, 5.74) is -0.125. The van der Waals surface area contributed by atoms with Crippen LogP contribution in [0.15, 0.2) is 24.3 Å². The lowest BCUT2D eigenvalue weighted by Gasteiger charge is -2.15. The molecule has 1 aliphatic carbocycles. The summed E-state index contributed by atoms with van der Waals surface area (Å²) in [7, 11) is 0. The third-order valence-electron chi connectivity index (χ3n) is 4.20. The van der Waals surface area contributed by atoms with Crippen LogP contribution >= 0.6 is 23.2 Å². The molecule has 1 aromatic carbocycles. The van der Waals surface area contributed by atoms with Crippen LogP contribution in [0, 0.1) is 5.92 Å². The molecule has 4 nitrogen and oxygen atoms in total. The molecule has 0 bridgehead atoms. The van der Waals surface area contributed by atoms with Gasteiger partial charge in [-0.1, -0.05) is 36.2 Å².